The number of fused-ring (bicyclic) bond motifs is 1. The molecular formula is C16H19NO2. The van der Waals surface area contributed by atoms with E-state index < -0.39 is 0 Å². The highest BCUT2D eigenvalue weighted by Crippen LogP contribution is 2.29. The van der Waals surface area contributed by atoms with Crippen molar-refractivity contribution in [2.24, 2.45) is 5.92 Å². The van der Waals surface area contributed by atoms with E-state index in [9.17, 15) is 5.11 Å². The summed E-state index contributed by atoms with van der Waals surface area (Å²) in [5.74, 6) is 1.38. The highest BCUT2D eigenvalue weighted by Gasteiger charge is 2.27. The van der Waals surface area contributed by atoms with Gasteiger partial charge in [-0.05, 0) is 37.3 Å². The number of hydrogen-bond acceptors (Lipinski definition) is 3. The van der Waals surface area contributed by atoms with E-state index in [1.807, 2.05) is 18.2 Å². The van der Waals surface area contributed by atoms with Crippen LogP contribution in [0.5, 0.6) is 5.75 Å². The van der Waals surface area contributed by atoms with Crippen molar-refractivity contribution in [3.63, 3.8) is 0 Å². The van der Waals surface area contributed by atoms with Crippen molar-refractivity contribution in [3.05, 3.63) is 36.0 Å². The Hall–Kier alpha value is -1.61. The van der Waals surface area contributed by atoms with E-state index in [-0.39, 0.29) is 6.10 Å². The number of ether oxygens (including phenoxy) is 1. The molecule has 1 aromatic carbocycles. The number of pyridine rings is 1. The third kappa shape index (κ3) is 2.56. The van der Waals surface area contributed by atoms with Crippen molar-refractivity contribution in [1.29, 1.82) is 0 Å². The average molecular weight is 257 g/mol. The zero-order chi connectivity index (χ0) is 13.2. The first-order chi connectivity index (χ1) is 9.26. The first-order valence-corrected chi connectivity index (χ1v) is 6.95. The van der Waals surface area contributed by atoms with Gasteiger partial charge in [0.2, 0.25) is 0 Å². The van der Waals surface area contributed by atoms with Crippen LogP contribution in [0, 0.1) is 5.92 Å². The van der Waals surface area contributed by atoms with E-state index in [0.717, 1.165) is 41.6 Å². The molecule has 1 aliphatic rings. The minimum Gasteiger partial charge on any atom is -0.491 e. The van der Waals surface area contributed by atoms with E-state index in [4.69, 9.17) is 4.74 Å². The van der Waals surface area contributed by atoms with Gasteiger partial charge >= 0.3 is 0 Å². The van der Waals surface area contributed by atoms with Gasteiger partial charge in [-0.2, -0.15) is 0 Å². The summed E-state index contributed by atoms with van der Waals surface area (Å²) in [6, 6.07) is 10.2. The standard InChI is InChI=1S/C16H19NO2/c1-2-14-16(19-10-11-7-13(18)8-11)9-12-5-3-4-6-15(12)17-14/h3-6,9,11,13,18H,2,7-8,10H2,1H3. The van der Waals surface area contributed by atoms with Gasteiger partial charge in [0.15, 0.2) is 0 Å². The van der Waals surface area contributed by atoms with Crippen LogP contribution in [0.4, 0.5) is 0 Å². The summed E-state index contributed by atoms with van der Waals surface area (Å²) in [4.78, 5) is 4.66. The van der Waals surface area contributed by atoms with Crippen molar-refractivity contribution in [2.75, 3.05) is 6.61 Å². The Bertz CT molecular complexity index is 576. The Kier molecular flexibility index (Phi) is 3.38. The van der Waals surface area contributed by atoms with Crippen molar-refractivity contribution in [2.45, 2.75) is 32.3 Å². The lowest BCUT2D eigenvalue weighted by molar-refractivity contribution is 0.0201. The maximum atomic E-state index is 9.29. The number of rotatable bonds is 4. The molecule has 0 saturated heterocycles. The van der Waals surface area contributed by atoms with E-state index in [0.29, 0.717) is 12.5 Å². The van der Waals surface area contributed by atoms with Gasteiger partial charge in [0, 0.05) is 5.39 Å². The largest absolute Gasteiger partial charge is 0.491 e. The molecule has 1 fully saturated rings. The maximum Gasteiger partial charge on any atom is 0.141 e. The summed E-state index contributed by atoms with van der Waals surface area (Å²) in [5.41, 5.74) is 2.03. The topological polar surface area (TPSA) is 42.4 Å². The number of para-hydroxylation sites is 1. The SMILES string of the molecule is CCc1nc2ccccc2cc1OCC1CC(O)C1. The minimum absolute atomic E-state index is 0.117. The van der Waals surface area contributed by atoms with Gasteiger partial charge in [-0.15, -0.1) is 0 Å². The summed E-state index contributed by atoms with van der Waals surface area (Å²) in [5, 5.41) is 10.4. The van der Waals surface area contributed by atoms with Gasteiger partial charge in [-0.25, -0.2) is 4.98 Å². The van der Waals surface area contributed by atoms with Crippen molar-refractivity contribution in [3.8, 4) is 5.75 Å². The van der Waals surface area contributed by atoms with Crippen LogP contribution >= 0.6 is 0 Å². The Balaban J connectivity index is 1.80. The van der Waals surface area contributed by atoms with Crippen LogP contribution in [0.15, 0.2) is 30.3 Å². The van der Waals surface area contributed by atoms with Gasteiger partial charge in [0.1, 0.15) is 5.75 Å². The quantitative estimate of drug-likeness (QED) is 0.915. The lowest BCUT2D eigenvalue weighted by Gasteiger charge is -2.31. The second-order valence-corrected chi connectivity index (χ2v) is 5.28. The number of aryl methyl sites for hydroxylation is 1. The molecule has 1 N–H and O–H groups in total. The molecule has 0 spiro atoms. The Morgan fingerprint density at radius 2 is 2.11 bits per heavy atom. The average Bonchev–Trinajstić information content (AvgIpc) is 2.41. The highest BCUT2D eigenvalue weighted by atomic mass is 16.5. The molecular weight excluding hydrogens is 238 g/mol. The van der Waals surface area contributed by atoms with Crippen LogP contribution in [-0.2, 0) is 6.42 Å². The van der Waals surface area contributed by atoms with Gasteiger partial charge in [0.05, 0.1) is 23.9 Å². The van der Waals surface area contributed by atoms with E-state index in [1.165, 1.54) is 0 Å². The molecule has 1 aromatic heterocycles. The number of nitrogens with zero attached hydrogens (tertiary/aromatic N) is 1. The fourth-order valence-electron chi connectivity index (χ4n) is 2.56. The lowest BCUT2D eigenvalue weighted by atomic mass is 9.83. The summed E-state index contributed by atoms with van der Waals surface area (Å²) in [7, 11) is 0. The normalized spacial score (nSPS) is 22.2. The van der Waals surface area contributed by atoms with Crippen molar-refractivity contribution >= 4 is 10.9 Å². The maximum absolute atomic E-state index is 9.29. The molecule has 1 aliphatic carbocycles. The van der Waals surface area contributed by atoms with Crippen molar-refractivity contribution in [1.82, 2.24) is 4.98 Å². The van der Waals surface area contributed by atoms with Crippen LogP contribution in [0.25, 0.3) is 10.9 Å². The lowest BCUT2D eigenvalue weighted by Crippen LogP contribution is -2.32. The van der Waals surface area contributed by atoms with Crippen LogP contribution in [0.1, 0.15) is 25.5 Å². The third-order valence-electron chi connectivity index (χ3n) is 3.78. The number of hydrogen-bond donors (Lipinski definition) is 1. The smallest absolute Gasteiger partial charge is 0.141 e. The Morgan fingerprint density at radius 1 is 1.32 bits per heavy atom. The van der Waals surface area contributed by atoms with E-state index in [2.05, 4.69) is 24.0 Å². The van der Waals surface area contributed by atoms with Gasteiger partial charge in [0.25, 0.3) is 0 Å². The Labute approximate surface area is 113 Å². The number of aromatic nitrogens is 1. The van der Waals surface area contributed by atoms with E-state index in [1.54, 1.807) is 0 Å². The number of benzene rings is 1. The molecule has 0 bridgehead atoms. The summed E-state index contributed by atoms with van der Waals surface area (Å²) >= 11 is 0. The molecule has 1 saturated carbocycles. The summed E-state index contributed by atoms with van der Waals surface area (Å²) in [6.45, 7) is 2.78. The molecule has 19 heavy (non-hydrogen) atoms. The molecule has 0 atom stereocenters. The van der Waals surface area contributed by atoms with Crippen LogP contribution in [0.3, 0.4) is 0 Å². The molecule has 0 aliphatic heterocycles. The molecule has 100 valence electrons. The van der Waals surface area contributed by atoms with Crippen LogP contribution in [-0.4, -0.2) is 22.8 Å². The minimum atomic E-state index is -0.117. The number of aliphatic hydroxyl groups excluding tert-OH is 1. The fourth-order valence-corrected chi connectivity index (χ4v) is 2.56. The fraction of sp³-hybridized carbons (Fsp3) is 0.438. The second-order valence-electron chi connectivity index (χ2n) is 5.28. The second kappa shape index (κ2) is 5.17. The summed E-state index contributed by atoms with van der Waals surface area (Å²) in [6.07, 6.45) is 2.48. The van der Waals surface area contributed by atoms with Gasteiger partial charge < -0.3 is 9.84 Å². The Morgan fingerprint density at radius 3 is 2.84 bits per heavy atom. The molecule has 3 heteroatoms. The molecule has 3 rings (SSSR count). The zero-order valence-corrected chi connectivity index (χ0v) is 11.2. The zero-order valence-electron chi connectivity index (χ0n) is 11.2. The van der Waals surface area contributed by atoms with Crippen molar-refractivity contribution < 1.29 is 9.84 Å². The van der Waals surface area contributed by atoms with Gasteiger partial charge in [-0.3, -0.25) is 0 Å². The molecule has 0 unspecified atom stereocenters. The molecule has 1 heterocycles. The number of aliphatic hydroxyl groups is 1. The van der Waals surface area contributed by atoms with E-state index >= 15 is 0 Å². The predicted molar refractivity (Wildman–Crippen MR) is 75.3 cm³/mol. The molecule has 0 amide bonds. The van der Waals surface area contributed by atoms with Crippen LogP contribution in [0.2, 0.25) is 0 Å². The molecule has 0 radical (unpaired) electrons. The molecule has 3 nitrogen and oxygen atoms in total. The first-order valence-electron chi connectivity index (χ1n) is 6.95. The van der Waals surface area contributed by atoms with Gasteiger partial charge in [-0.1, -0.05) is 25.1 Å². The monoisotopic (exact) mass is 257 g/mol. The molecule has 2 aromatic rings. The highest BCUT2D eigenvalue weighted by molar-refractivity contribution is 5.80. The van der Waals surface area contributed by atoms with Crippen LogP contribution < -0.4 is 4.74 Å². The first kappa shape index (κ1) is 12.4. The predicted octanol–water partition coefficient (Wildman–Crippen LogP) is 2.95. The summed E-state index contributed by atoms with van der Waals surface area (Å²) < 4.78 is 5.91. The third-order valence-corrected chi connectivity index (χ3v) is 3.78.